The van der Waals surface area contributed by atoms with Crippen LogP contribution in [-0.4, -0.2) is 42.2 Å². The fourth-order valence-corrected chi connectivity index (χ4v) is 2.06. The molecule has 0 saturated heterocycles. The molecule has 1 aliphatic rings. The number of carbonyl (C=O) groups excluding carboxylic acids is 1. The average Bonchev–Trinajstić information content (AvgIpc) is 3.23. The maximum atomic E-state index is 12.0. The number of carboxylic acid groups (broad SMARTS) is 1. The van der Waals surface area contributed by atoms with Crippen molar-refractivity contribution in [2.45, 2.75) is 19.3 Å². The quantitative estimate of drug-likeness (QED) is 0.785. The lowest BCUT2D eigenvalue weighted by Gasteiger charge is -2.15. The van der Waals surface area contributed by atoms with Crippen molar-refractivity contribution in [2.75, 3.05) is 20.3 Å². The van der Waals surface area contributed by atoms with Gasteiger partial charge in [-0.3, -0.25) is 9.78 Å². The largest absolute Gasteiger partial charge is 0.478 e. The summed E-state index contributed by atoms with van der Waals surface area (Å²) in [5.74, 6) is -1.41. The molecular formula is C14H18N2O4. The molecule has 2 N–H and O–H groups in total. The monoisotopic (exact) mass is 278 g/mol. The summed E-state index contributed by atoms with van der Waals surface area (Å²) in [7, 11) is 1.66. The predicted octanol–water partition coefficient (Wildman–Crippen LogP) is 1.33. The number of nitrogens with one attached hydrogen (secondary N) is 1. The number of rotatable bonds is 7. The summed E-state index contributed by atoms with van der Waals surface area (Å²) in [6.45, 7) is 1.26. The number of hydrogen-bond acceptors (Lipinski definition) is 4. The van der Waals surface area contributed by atoms with Gasteiger partial charge in [-0.05, 0) is 36.8 Å². The van der Waals surface area contributed by atoms with Crippen molar-refractivity contribution in [3.8, 4) is 0 Å². The highest BCUT2D eigenvalue weighted by atomic mass is 16.5. The van der Waals surface area contributed by atoms with Crippen LogP contribution in [0.25, 0.3) is 0 Å². The number of amides is 1. The molecule has 2 rings (SSSR count). The highest BCUT2D eigenvalue weighted by Crippen LogP contribution is 2.48. The lowest BCUT2D eigenvalue weighted by atomic mass is 10.0. The molecule has 0 unspecified atom stereocenters. The Kier molecular flexibility index (Phi) is 4.34. The molecule has 1 heterocycles. The molecule has 6 heteroatoms. The van der Waals surface area contributed by atoms with Crippen LogP contribution in [0.5, 0.6) is 0 Å². The van der Waals surface area contributed by atoms with Crippen molar-refractivity contribution in [2.24, 2.45) is 5.41 Å². The van der Waals surface area contributed by atoms with Gasteiger partial charge >= 0.3 is 5.97 Å². The normalized spacial score (nSPS) is 15.7. The fraction of sp³-hybridized carbons (Fsp3) is 0.500. The van der Waals surface area contributed by atoms with Crippen molar-refractivity contribution < 1.29 is 19.4 Å². The summed E-state index contributed by atoms with van der Waals surface area (Å²) in [5.41, 5.74) is 0.342. The van der Waals surface area contributed by atoms with E-state index in [9.17, 15) is 9.59 Å². The molecule has 20 heavy (non-hydrogen) atoms. The van der Waals surface area contributed by atoms with Crippen LogP contribution in [0.3, 0.4) is 0 Å². The molecule has 1 aromatic rings. The van der Waals surface area contributed by atoms with Crippen LogP contribution in [0.1, 0.15) is 40.1 Å². The first-order valence-corrected chi connectivity index (χ1v) is 6.53. The van der Waals surface area contributed by atoms with E-state index in [-0.39, 0.29) is 22.6 Å². The van der Waals surface area contributed by atoms with Gasteiger partial charge in [-0.15, -0.1) is 0 Å². The molecule has 1 fully saturated rings. The van der Waals surface area contributed by atoms with E-state index >= 15 is 0 Å². The molecule has 1 saturated carbocycles. The van der Waals surface area contributed by atoms with E-state index in [0.29, 0.717) is 13.2 Å². The van der Waals surface area contributed by atoms with E-state index in [1.807, 2.05) is 0 Å². The lowest BCUT2D eigenvalue weighted by molar-refractivity contribution is 0.0696. The molecule has 0 aliphatic heterocycles. The van der Waals surface area contributed by atoms with E-state index in [0.717, 1.165) is 19.3 Å². The zero-order valence-electron chi connectivity index (χ0n) is 11.4. The van der Waals surface area contributed by atoms with Gasteiger partial charge in [-0.1, -0.05) is 0 Å². The van der Waals surface area contributed by atoms with Crippen molar-refractivity contribution in [3.05, 3.63) is 29.6 Å². The number of aromatic carboxylic acids is 1. The van der Waals surface area contributed by atoms with Gasteiger partial charge < -0.3 is 15.2 Å². The van der Waals surface area contributed by atoms with Crippen LogP contribution in [-0.2, 0) is 4.74 Å². The second kappa shape index (κ2) is 6.00. The minimum absolute atomic E-state index is 0.0608. The number of methoxy groups -OCH3 is 1. The van der Waals surface area contributed by atoms with E-state index in [1.165, 1.54) is 18.3 Å². The van der Waals surface area contributed by atoms with Gasteiger partial charge in [0.05, 0.1) is 5.56 Å². The van der Waals surface area contributed by atoms with Crippen molar-refractivity contribution in [1.82, 2.24) is 10.3 Å². The topological polar surface area (TPSA) is 88.5 Å². The van der Waals surface area contributed by atoms with Crippen LogP contribution >= 0.6 is 0 Å². The summed E-state index contributed by atoms with van der Waals surface area (Å²) >= 11 is 0. The van der Waals surface area contributed by atoms with Crippen LogP contribution in [0.2, 0.25) is 0 Å². The maximum absolute atomic E-state index is 12.0. The summed E-state index contributed by atoms with van der Waals surface area (Å²) < 4.78 is 5.06. The molecule has 1 aromatic heterocycles. The number of aromatic nitrogens is 1. The Bertz CT molecular complexity index is 512. The van der Waals surface area contributed by atoms with E-state index in [1.54, 1.807) is 7.11 Å². The molecule has 0 bridgehead atoms. The molecule has 6 nitrogen and oxygen atoms in total. The Hall–Kier alpha value is -1.95. The Balaban J connectivity index is 1.92. The van der Waals surface area contributed by atoms with Gasteiger partial charge in [-0.25, -0.2) is 4.79 Å². The zero-order valence-corrected chi connectivity index (χ0v) is 11.4. The van der Waals surface area contributed by atoms with Crippen molar-refractivity contribution >= 4 is 11.9 Å². The first kappa shape index (κ1) is 14.5. The number of nitrogens with zero attached hydrogens (tertiary/aromatic N) is 1. The number of pyridine rings is 1. The SMILES string of the molecule is COCCC1(CNC(=O)c2cc(C(=O)O)ccn2)CC1. The van der Waals surface area contributed by atoms with Gasteiger partial charge in [0.2, 0.25) is 0 Å². The minimum atomic E-state index is -1.07. The molecule has 1 aliphatic carbocycles. The van der Waals surface area contributed by atoms with Gasteiger partial charge in [-0.2, -0.15) is 0 Å². The highest BCUT2D eigenvalue weighted by molar-refractivity contribution is 5.95. The molecule has 0 radical (unpaired) electrons. The standard InChI is InChI=1S/C14H18N2O4/c1-20-7-5-14(3-4-14)9-16-12(17)11-8-10(13(18)19)2-6-15-11/h2,6,8H,3-5,7,9H2,1H3,(H,16,17)(H,18,19). The Labute approximate surface area is 117 Å². The van der Waals surface area contributed by atoms with Crippen molar-refractivity contribution in [3.63, 3.8) is 0 Å². The maximum Gasteiger partial charge on any atom is 0.335 e. The number of ether oxygens (including phenoxy) is 1. The average molecular weight is 278 g/mol. The predicted molar refractivity (Wildman–Crippen MR) is 71.7 cm³/mol. The first-order valence-electron chi connectivity index (χ1n) is 6.53. The zero-order chi connectivity index (χ0) is 14.6. The molecule has 0 spiro atoms. The summed E-state index contributed by atoms with van der Waals surface area (Å²) in [4.78, 5) is 26.7. The van der Waals surface area contributed by atoms with Crippen LogP contribution < -0.4 is 5.32 Å². The Morgan fingerprint density at radius 2 is 2.25 bits per heavy atom. The summed E-state index contributed by atoms with van der Waals surface area (Å²) in [6.07, 6.45) is 4.42. The third kappa shape index (κ3) is 3.54. The third-order valence-corrected chi connectivity index (χ3v) is 3.66. The van der Waals surface area contributed by atoms with E-state index in [4.69, 9.17) is 9.84 Å². The number of carbonyl (C=O) groups is 2. The van der Waals surface area contributed by atoms with Gasteiger partial charge in [0, 0.05) is 26.5 Å². The molecule has 0 aromatic carbocycles. The Morgan fingerprint density at radius 1 is 1.50 bits per heavy atom. The molecular weight excluding hydrogens is 260 g/mol. The Morgan fingerprint density at radius 3 is 2.85 bits per heavy atom. The fourth-order valence-electron chi connectivity index (χ4n) is 2.06. The molecule has 1 amide bonds. The smallest absolute Gasteiger partial charge is 0.335 e. The van der Waals surface area contributed by atoms with Crippen LogP contribution in [0, 0.1) is 5.41 Å². The van der Waals surface area contributed by atoms with Crippen LogP contribution in [0.15, 0.2) is 18.3 Å². The van der Waals surface area contributed by atoms with Crippen LogP contribution in [0.4, 0.5) is 0 Å². The number of carboxylic acids is 1. The van der Waals surface area contributed by atoms with Crippen molar-refractivity contribution in [1.29, 1.82) is 0 Å². The first-order chi connectivity index (χ1) is 9.56. The second-order valence-corrected chi connectivity index (χ2v) is 5.16. The third-order valence-electron chi connectivity index (χ3n) is 3.66. The summed E-state index contributed by atoms with van der Waals surface area (Å²) in [6, 6.07) is 2.65. The molecule has 108 valence electrons. The number of hydrogen-bond donors (Lipinski definition) is 2. The lowest BCUT2D eigenvalue weighted by Crippen LogP contribution is -2.31. The van der Waals surface area contributed by atoms with E-state index < -0.39 is 5.97 Å². The van der Waals surface area contributed by atoms with Gasteiger partial charge in [0.25, 0.3) is 5.91 Å². The minimum Gasteiger partial charge on any atom is -0.478 e. The van der Waals surface area contributed by atoms with Gasteiger partial charge in [0.1, 0.15) is 5.69 Å². The second-order valence-electron chi connectivity index (χ2n) is 5.16. The summed E-state index contributed by atoms with van der Waals surface area (Å²) in [5, 5.41) is 11.7. The highest BCUT2D eigenvalue weighted by Gasteiger charge is 2.42. The van der Waals surface area contributed by atoms with Gasteiger partial charge in [0.15, 0.2) is 0 Å². The van der Waals surface area contributed by atoms with E-state index in [2.05, 4.69) is 10.3 Å². The molecule has 0 atom stereocenters.